The second-order valence-corrected chi connectivity index (χ2v) is 0.765. The van der Waals surface area contributed by atoms with Gasteiger partial charge in [-0.25, -0.2) is 9.59 Å². The summed E-state index contributed by atoms with van der Waals surface area (Å²) in [5.74, 6) is 0. The molecule has 6 heteroatoms. The van der Waals surface area contributed by atoms with Gasteiger partial charge in [-0.15, -0.1) is 0 Å². The van der Waals surface area contributed by atoms with E-state index in [0.717, 1.165) is 0 Å². The monoisotopic (exact) mass is 118 g/mol. The van der Waals surface area contributed by atoms with Crippen molar-refractivity contribution in [2.24, 2.45) is 10.2 Å². The lowest BCUT2D eigenvalue weighted by Gasteiger charge is -1.72. The molecule has 0 saturated carbocycles. The Hall–Kier alpha value is -1.46. The van der Waals surface area contributed by atoms with Crippen molar-refractivity contribution in [3.8, 4) is 0 Å². The molecule has 44 valence electrons. The third-order valence-electron chi connectivity index (χ3n) is 0.221. The van der Waals surface area contributed by atoms with Crippen LogP contribution in [0.25, 0.3) is 0 Å². The first-order valence-corrected chi connectivity index (χ1v) is 1.50. The highest BCUT2D eigenvalue weighted by Crippen LogP contribution is 1.76. The number of hydrogen-bond donors (Lipinski definition) is 2. The predicted molar refractivity (Wildman–Crippen MR) is 20.9 cm³/mol. The van der Waals surface area contributed by atoms with E-state index in [1.807, 2.05) is 0 Å². The van der Waals surface area contributed by atoms with Crippen molar-refractivity contribution in [2.45, 2.75) is 0 Å². The van der Waals surface area contributed by atoms with Crippen LogP contribution in [0.15, 0.2) is 10.2 Å². The van der Waals surface area contributed by atoms with Crippen molar-refractivity contribution in [3.63, 3.8) is 0 Å². The van der Waals surface area contributed by atoms with Gasteiger partial charge in [0.15, 0.2) is 0 Å². The van der Waals surface area contributed by atoms with E-state index in [4.69, 9.17) is 10.2 Å². The van der Waals surface area contributed by atoms with Gasteiger partial charge in [0.2, 0.25) is 0 Å². The molecule has 8 heavy (non-hydrogen) atoms. The topological polar surface area (TPSA) is 99.3 Å². The van der Waals surface area contributed by atoms with Crippen molar-refractivity contribution < 1.29 is 19.8 Å². The molecule has 0 unspecified atom stereocenters. The van der Waals surface area contributed by atoms with E-state index in [1.54, 1.807) is 0 Å². The predicted octanol–water partition coefficient (Wildman–Crippen LogP) is 0.795. The highest BCUT2D eigenvalue weighted by atomic mass is 16.4. The van der Waals surface area contributed by atoms with Crippen LogP contribution >= 0.6 is 0 Å². The molecule has 0 bridgehead atoms. The van der Waals surface area contributed by atoms with Gasteiger partial charge in [-0.05, 0) is 0 Å². The first-order valence-electron chi connectivity index (χ1n) is 1.50. The Morgan fingerprint density at radius 1 is 1.00 bits per heavy atom. The number of azo groups is 1. The molecule has 0 aliphatic carbocycles. The van der Waals surface area contributed by atoms with Crippen LogP contribution in [-0.2, 0) is 0 Å². The smallest absolute Gasteiger partial charge is 0.450 e. The SMILES string of the molecule is O=C(O)/N=N\C(=O)O. The minimum absolute atomic E-state index is 1.62. The average Bonchev–Trinajstić information content (AvgIpc) is 1.61. The van der Waals surface area contributed by atoms with Gasteiger partial charge in [0.05, 0.1) is 0 Å². The van der Waals surface area contributed by atoms with Crippen molar-refractivity contribution in [1.82, 2.24) is 0 Å². The molecule has 0 spiro atoms. The Morgan fingerprint density at radius 2 is 1.25 bits per heavy atom. The number of nitrogens with zero attached hydrogens (tertiary/aromatic N) is 2. The van der Waals surface area contributed by atoms with E-state index >= 15 is 0 Å². The molecule has 0 radical (unpaired) electrons. The number of amides is 2. The largest absolute Gasteiger partial charge is 0.462 e. The van der Waals surface area contributed by atoms with Gasteiger partial charge < -0.3 is 10.2 Å². The van der Waals surface area contributed by atoms with E-state index in [9.17, 15) is 9.59 Å². The number of rotatable bonds is 0. The van der Waals surface area contributed by atoms with Gasteiger partial charge >= 0.3 is 12.2 Å². The van der Waals surface area contributed by atoms with Gasteiger partial charge in [0, 0.05) is 0 Å². The standard InChI is InChI=1S/C2H2N2O4/c5-1(6)3-4-2(7)8/h(H,5,6)(H,7,8)/b4-3-. The Morgan fingerprint density at radius 3 is 1.38 bits per heavy atom. The summed E-state index contributed by atoms with van der Waals surface area (Å²) in [6.45, 7) is 0. The summed E-state index contributed by atoms with van der Waals surface area (Å²) >= 11 is 0. The zero-order valence-electron chi connectivity index (χ0n) is 3.61. The Bertz CT molecular complexity index is 123. The third-order valence-corrected chi connectivity index (χ3v) is 0.221. The fraction of sp³-hybridized carbons (Fsp3) is 0. The van der Waals surface area contributed by atoms with Crippen LogP contribution in [0.3, 0.4) is 0 Å². The quantitative estimate of drug-likeness (QED) is 0.459. The minimum Gasteiger partial charge on any atom is -0.462 e. The molecule has 6 nitrogen and oxygen atoms in total. The summed E-state index contributed by atoms with van der Waals surface area (Å²) in [6.07, 6.45) is -3.24. The molecule has 0 aliphatic rings. The molecular formula is C2H2N2O4. The molecule has 2 amide bonds. The van der Waals surface area contributed by atoms with Crippen LogP contribution in [0.5, 0.6) is 0 Å². The van der Waals surface area contributed by atoms with Crippen LogP contribution in [0, 0.1) is 0 Å². The molecule has 0 heterocycles. The van der Waals surface area contributed by atoms with Gasteiger partial charge in [-0.1, -0.05) is 10.2 Å². The van der Waals surface area contributed by atoms with Gasteiger partial charge in [0.1, 0.15) is 0 Å². The minimum atomic E-state index is -1.62. The molecule has 0 aromatic rings. The maximum atomic E-state index is 9.38. The fourth-order valence-electron chi connectivity index (χ4n) is 0.0855. The Labute approximate surface area is 43.5 Å². The summed E-state index contributed by atoms with van der Waals surface area (Å²) in [4.78, 5) is 18.8. The molecule has 2 N–H and O–H groups in total. The lowest BCUT2D eigenvalue weighted by Crippen LogP contribution is -1.87. The van der Waals surface area contributed by atoms with Crippen molar-refractivity contribution in [1.29, 1.82) is 0 Å². The molecule has 0 aromatic carbocycles. The van der Waals surface area contributed by atoms with Gasteiger partial charge in [0.25, 0.3) is 0 Å². The van der Waals surface area contributed by atoms with Crippen LogP contribution in [-0.4, -0.2) is 22.4 Å². The van der Waals surface area contributed by atoms with Crippen LogP contribution in [0.2, 0.25) is 0 Å². The lowest BCUT2D eigenvalue weighted by atomic mass is 11.2. The van der Waals surface area contributed by atoms with Gasteiger partial charge in [-0.3, -0.25) is 0 Å². The highest BCUT2D eigenvalue weighted by molar-refractivity contribution is 5.70. The Kier molecular flexibility index (Phi) is 2.18. The second kappa shape index (κ2) is 2.67. The zero-order valence-corrected chi connectivity index (χ0v) is 3.61. The maximum absolute atomic E-state index is 9.38. The highest BCUT2D eigenvalue weighted by Gasteiger charge is 1.91. The third kappa shape index (κ3) is 4.54. The van der Waals surface area contributed by atoms with Crippen molar-refractivity contribution in [2.75, 3.05) is 0 Å². The average molecular weight is 118 g/mol. The summed E-state index contributed by atoms with van der Waals surface area (Å²) in [7, 11) is 0. The van der Waals surface area contributed by atoms with E-state index in [-0.39, 0.29) is 0 Å². The molecule has 0 saturated heterocycles. The normalized spacial score (nSPS) is 9.50. The van der Waals surface area contributed by atoms with Gasteiger partial charge in [-0.2, -0.15) is 0 Å². The van der Waals surface area contributed by atoms with Crippen molar-refractivity contribution in [3.05, 3.63) is 0 Å². The fourth-order valence-corrected chi connectivity index (χ4v) is 0.0855. The second-order valence-electron chi connectivity index (χ2n) is 0.765. The lowest BCUT2D eigenvalue weighted by molar-refractivity contribution is 0.194. The van der Waals surface area contributed by atoms with E-state index in [1.165, 1.54) is 0 Å². The summed E-state index contributed by atoms with van der Waals surface area (Å²) < 4.78 is 0. The van der Waals surface area contributed by atoms with Crippen LogP contribution in [0.1, 0.15) is 0 Å². The molecule has 0 fully saturated rings. The first-order chi connectivity index (χ1) is 3.63. The van der Waals surface area contributed by atoms with E-state index < -0.39 is 12.2 Å². The molecule has 0 aromatic heterocycles. The van der Waals surface area contributed by atoms with E-state index in [2.05, 4.69) is 10.2 Å². The summed E-state index contributed by atoms with van der Waals surface area (Å²) in [6, 6.07) is 0. The maximum Gasteiger partial charge on any atom is 0.450 e. The molecule has 0 atom stereocenters. The number of carbonyl (C=O) groups is 2. The summed E-state index contributed by atoms with van der Waals surface area (Å²) in [5.41, 5.74) is 0. The van der Waals surface area contributed by atoms with Crippen LogP contribution < -0.4 is 0 Å². The van der Waals surface area contributed by atoms with E-state index in [0.29, 0.717) is 0 Å². The van der Waals surface area contributed by atoms with Crippen LogP contribution in [0.4, 0.5) is 9.59 Å². The molecule has 0 aliphatic heterocycles. The number of hydrogen-bond acceptors (Lipinski definition) is 2. The number of carboxylic acid groups (broad SMARTS) is 2. The first kappa shape index (κ1) is 6.54. The summed E-state index contributed by atoms with van der Waals surface area (Å²) in [5, 5.41) is 19.8. The molecule has 0 rings (SSSR count). The van der Waals surface area contributed by atoms with Crippen molar-refractivity contribution >= 4 is 12.2 Å². The zero-order chi connectivity index (χ0) is 6.57. The molecular weight excluding hydrogens is 116 g/mol. The Balaban J connectivity index is 3.67.